The second-order valence-electron chi connectivity index (χ2n) is 6.70. The van der Waals surface area contributed by atoms with E-state index in [0.717, 1.165) is 45.4 Å². The number of hydrogen-bond donors (Lipinski definition) is 3. The summed E-state index contributed by atoms with van der Waals surface area (Å²) in [6.45, 7) is 7.10. The number of carbonyl (C=O) groups is 2. The molecule has 1 heterocycles. The Morgan fingerprint density at radius 1 is 1.14 bits per heavy atom. The average molecular weight is 297 g/mol. The van der Waals surface area contributed by atoms with Crippen LogP contribution in [0.2, 0.25) is 0 Å². The molecular formula is C15H27N3O3. The van der Waals surface area contributed by atoms with Crippen molar-refractivity contribution in [3.63, 3.8) is 0 Å². The monoisotopic (exact) mass is 297 g/mol. The van der Waals surface area contributed by atoms with E-state index in [0.29, 0.717) is 12.8 Å². The fraction of sp³-hybridized carbons (Fsp3) is 0.867. The van der Waals surface area contributed by atoms with Gasteiger partial charge < -0.3 is 15.7 Å². The van der Waals surface area contributed by atoms with Crippen molar-refractivity contribution < 1.29 is 14.7 Å². The summed E-state index contributed by atoms with van der Waals surface area (Å²) < 4.78 is 0. The number of nitrogens with zero attached hydrogens (tertiary/aromatic N) is 1. The largest absolute Gasteiger partial charge is 0.480 e. The van der Waals surface area contributed by atoms with Gasteiger partial charge in [0.2, 0.25) is 5.91 Å². The maximum atomic E-state index is 12.7. The summed E-state index contributed by atoms with van der Waals surface area (Å²) in [5.74, 6) is -1.07. The van der Waals surface area contributed by atoms with Crippen molar-refractivity contribution in [3.8, 4) is 0 Å². The van der Waals surface area contributed by atoms with Crippen LogP contribution in [0.1, 0.15) is 46.0 Å². The van der Waals surface area contributed by atoms with Crippen LogP contribution in [-0.2, 0) is 9.59 Å². The maximum absolute atomic E-state index is 12.7. The second-order valence-corrected chi connectivity index (χ2v) is 6.70. The van der Waals surface area contributed by atoms with Crippen LogP contribution in [0.3, 0.4) is 0 Å². The summed E-state index contributed by atoms with van der Waals surface area (Å²) in [4.78, 5) is 26.5. The first-order valence-electron chi connectivity index (χ1n) is 7.90. The van der Waals surface area contributed by atoms with Gasteiger partial charge in [-0.25, -0.2) is 4.79 Å². The molecule has 120 valence electrons. The Kier molecular flexibility index (Phi) is 4.88. The van der Waals surface area contributed by atoms with E-state index < -0.39 is 17.0 Å². The molecule has 1 aliphatic heterocycles. The molecule has 0 radical (unpaired) electrons. The van der Waals surface area contributed by atoms with E-state index in [4.69, 9.17) is 0 Å². The highest BCUT2D eigenvalue weighted by Gasteiger charge is 2.45. The van der Waals surface area contributed by atoms with Crippen molar-refractivity contribution in [2.24, 2.45) is 0 Å². The normalized spacial score (nSPS) is 23.5. The highest BCUT2D eigenvalue weighted by atomic mass is 16.4. The molecule has 2 rings (SSSR count). The number of hydrogen-bond acceptors (Lipinski definition) is 4. The summed E-state index contributed by atoms with van der Waals surface area (Å²) in [6.07, 6.45) is 3.84. The first-order chi connectivity index (χ1) is 9.88. The fourth-order valence-corrected chi connectivity index (χ4v) is 3.29. The zero-order valence-corrected chi connectivity index (χ0v) is 13.1. The van der Waals surface area contributed by atoms with Gasteiger partial charge in [-0.3, -0.25) is 9.69 Å². The molecule has 0 bridgehead atoms. The summed E-state index contributed by atoms with van der Waals surface area (Å²) in [5.41, 5.74) is -1.75. The van der Waals surface area contributed by atoms with E-state index in [-0.39, 0.29) is 5.91 Å². The minimum absolute atomic E-state index is 0.172. The predicted molar refractivity (Wildman–Crippen MR) is 80.1 cm³/mol. The molecule has 21 heavy (non-hydrogen) atoms. The van der Waals surface area contributed by atoms with Crippen molar-refractivity contribution in [1.82, 2.24) is 15.5 Å². The molecule has 0 unspecified atom stereocenters. The smallest absolute Gasteiger partial charge is 0.329 e. The molecule has 1 saturated heterocycles. The first-order valence-corrected chi connectivity index (χ1v) is 7.90. The van der Waals surface area contributed by atoms with Crippen LogP contribution >= 0.6 is 0 Å². The molecule has 1 saturated carbocycles. The van der Waals surface area contributed by atoms with Gasteiger partial charge in [-0.1, -0.05) is 19.3 Å². The molecule has 0 atom stereocenters. The Labute approximate surface area is 126 Å². The number of carbonyl (C=O) groups excluding carboxylic acids is 1. The van der Waals surface area contributed by atoms with Gasteiger partial charge in [-0.2, -0.15) is 0 Å². The Morgan fingerprint density at radius 3 is 2.24 bits per heavy atom. The highest BCUT2D eigenvalue weighted by molar-refractivity contribution is 5.91. The molecule has 0 aromatic carbocycles. The lowest BCUT2D eigenvalue weighted by atomic mass is 9.81. The molecule has 0 aromatic rings. The highest BCUT2D eigenvalue weighted by Crippen LogP contribution is 2.29. The molecule has 0 spiro atoms. The fourth-order valence-electron chi connectivity index (χ4n) is 3.29. The van der Waals surface area contributed by atoms with Crippen molar-refractivity contribution in [2.45, 2.75) is 57.0 Å². The molecule has 1 amide bonds. The lowest BCUT2D eigenvalue weighted by molar-refractivity contribution is -0.151. The van der Waals surface area contributed by atoms with E-state index in [1.807, 2.05) is 13.8 Å². The topological polar surface area (TPSA) is 81.7 Å². The zero-order chi connectivity index (χ0) is 15.5. The van der Waals surface area contributed by atoms with Gasteiger partial charge >= 0.3 is 5.97 Å². The number of carboxylic acids is 1. The molecule has 0 aromatic heterocycles. The van der Waals surface area contributed by atoms with E-state index in [2.05, 4.69) is 15.5 Å². The second kappa shape index (κ2) is 6.32. The van der Waals surface area contributed by atoms with Crippen LogP contribution in [0.4, 0.5) is 0 Å². The number of nitrogens with one attached hydrogen (secondary N) is 2. The van der Waals surface area contributed by atoms with E-state index >= 15 is 0 Å². The van der Waals surface area contributed by atoms with Gasteiger partial charge in [0.15, 0.2) is 0 Å². The number of carboxylic acid groups (broad SMARTS) is 1. The maximum Gasteiger partial charge on any atom is 0.329 e. The Balaban J connectivity index is 2.08. The van der Waals surface area contributed by atoms with Crippen LogP contribution < -0.4 is 10.6 Å². The minimum atomic E-state index is -1.07. The molecular weight excluding hydrogens is 270 g/mol. The predicted octanol–water partition coefficient (Wildman–Crippen LogP) is 0.574. The van der Waals surface area contributed by atoms with Crippen molar-refractivity contribution in [1.29, 1.82) is 0 Å². The van der Waals surface area contributed by atoms with Crippen LogP contribution in [0, 0.1) is 0 Å². The molecule has 6 nitrogen and oxygen atoms in total. The standard InChI is InChI=1S/C15H27N3O3/c1-14(2,18-10-8-16-9-11-18)12(19)17-15(13(20)21)6-4-3-5-7-15/h16H,3-11H2,1-2H3,(H,17,19)(H,20,21). The van der Waals surface area contributed by atoms with Crippen LogP contribution in [0.5, 0.6) is 0 Å². The van der Waals surface area contributed by atoms with Gasteiger partial charge in [0.1, 0.15) is 5.54 Å². The van der Waals surface area contributed by atoms with Gasteiger partial charge in [0.05, 0.1) is 5.54 Å². The lowest BCUT2D eigenvalue weighted by Gasteiger charge is -2.43. The van der Waals surface area contributed by atoms with Crippen molar-refractivity contribution >= 4 is 11.9 Å². The SMILES string of the molecule is CC(C)(C(=O)NC1(C(=O)O)CCCCC1)N1CCNCC1. The molecule has 2 aliphatic rings. The van der Waals surface area contributed by atoms with Gasteiger partial charge in [0.25, 0.3) is 0 Å². The van der Waals surface area contributed by atoms with E-state index in [9.17, 15) is 14.7 Å². The number of rotatable bonds is 4. The third-order valence-electron chi connectivity index (χ3n) is 4.93. The third kappa shape index (κ3) is 3.37. The summed E-state index contributed by atoms with van der Waals surface area (Å²) >= 11 is 0. The van der Waals surface area contributed by atoms with Crippen LogP contribution in [0.15, 0.2) is 0 Å². The quantitative estimate of drug-likeness (QED) is 0.707. The Bertz CT molecular complexity index is 397. The Hall–Kier alpha value is -1.14. The summed E-state index contributed by atoms with van der Waals surface area (Å²) in [5, 5.41) is 15.7. The van der Waals surface area contributed by atoms with E-state index in [1.54, 1.807) is 0 Å². The Morgan fingerprint density at radius 2 is 1.71 bits per heavy atom. The van der Waals surface area contributed by atoms with Crippen molar-refractivity contribution in [3.05, 3.63) is 0 Å². The van der Waals surface area contributed by atoms with Gasteiger partial charge in [-0.05, 0) is 26.7 Å². The van der Waals surface area contributed by atoms with E-state index in [1.165, 1.54) is 0 Å². The lowest BCUT2D eigenvalue weighted by Crippen LogP contribution is -2.65. The average Bonchev–Trinajstić information content (AvgIpc) is 2.49. The zero-order valence-electron chi connectivity index (χ0n) is 13.1. The molecule has 3 N–H and O–H groups in total. The molecule has 1 aliphatic carbocycles. The summed E-state index contributed by atoms with van der Waals surface area (Å²) in [6, 6.07) is 0. The minimum Gasteiger partial charge on any atom is -0.480 e. The number of piperazine rings is 1. The van der Waals surface area contributed by atoms with Gasteiger partial charge in [0, 0.05) is 26.2 Å². The number of amides is 1. The van der Waals surface area contributed by atoms with Crippen molar-refractivity contribution in [2.75, 3.05) is 26.2 Å². The first kappa shape index (κ1) is 16.2. The molecule has 6 heteroatoms. The van der Waals surface area contributed by atoms with Crippen LogP contribution in [0.25, 0.3) is 0 Å². The van der Waals surface area contributed by atoms with Crippen LogP contribution in [-0.4, -0.2) is 59.1 Å². The molecule has 2 fully saturated rings. The number of aliphatic carboxylic acids is 1. The van der Waals surface area contributed by atoms with Gasteiger partial charge in [-0.15, -0.1) is 0 Å². The summed E-state index contributed by atoms with van der Waals surface area (Å²) in [7, 11) is 0. The third-order valence-corrected chi connectivity index (χ3v) is 4.93.